The zero-order valence-corrected chi connectivity index (χ0v) is 14.9. The highest BCUT2D eigenvalue weighted by atomic mass is 35.5. The lowest BCUT2D eigenvalue weighted by Gasteiger charge is -2.16. The number of hydrogen-bond donors (Lipinski definition) is 2. The summed E-state index contributed by atoms with van der Waals surface area (Å²) in [5.74, 6) is -0.959. The normalized spacial score (nSPS) is 12.0. The van der Waals surface area contributed by atoms with E-state index in [2.05, 4.69) is 10.4 Å². The van der Waals surface area contributed by atoms with Crippen LogP contribution in [0.25, 0.3) is 5.69 Å². The first-order valence-electron chi connectivity index (χ1n) is 7.07. The maximum absolute atomic E-state index is 12.1. The van der Waals surface area contributed by atoms with Crippen LogP contribution in [0.1, 0.15) is 19.8 Å². The van der Waals surface area contributed by atoms with E-state index in [1.165, 1.54) is 12.3 Å². The van der Waals surface area contributed by atoms with Crippen molar-refractivity contribution in [3.05, 3.63) is 49.8 Å². The molecule has 2 N–H and O–H groups in total. The molecule has 0 saturated heterocycles. The molecule has 6 nitrogen and oxygen atoms in total. The molecule has 1 aromatic heterocycles. The molecular weight excluding hydrogens is 377 g/mol. The minimum absolute atomic E-state index is 0.0613. The predicted octanol–water partition coefficient (Wildman–Crippen LogP) is 3.86. The van der Waals surface area contributed by atoms with Crippen molar-refractivity contribution in [2.75, 3.05) is 5.32 Å². The monoisotopic (exact) mass is 389 g/mol. The van der Waals surface area contributed by atoms with Crippen LogP contribution in [-0.2, 0) is 4.79 Å². The average Bonchev–Trinajstić information content (AvgIpc) is 2.54. The molecule has 1 aromatic carbocycles. The number of aliphatic carboxylic acids is 1. The number of carbonyl (C=O) groups is 1. The molecule has 0 aliphatic carbocycles. The summed E-state index contributed by atoms with van der Waals surface area (Å²) in [7, 11) is 0. The second-order valence-corrected chi connectivity index (χ2v) is 6.20. The maximum Gasteiger partial charge on any atom is 0.326 e. The molecule has 24 heavy (non-hydrogen) atoms. The molecule has 1 atom stereocenters. The number of nitrogens with one attached hydrogen (secondary N) is 1. The fraction of sp³-hybridized carbons (Fsp3) is 0.267. The lowest BCUT2D eigenvalue weighted by atomic mass is 10.1. The molecule has 0 fully saturated rings. The van der Waals surface area contributed by atoms with E-state index < -0.39 is 17.6 Å². The van der Waals surface area contributed by atoms with Gasteiger partial charge in [-0.15, -0.1) is 0 Å². The lowest BCUT2D eigenvalue weighted by molar-refractivity contribution is -0.138. The van der Waals surface area contributed by atoms with Crippen LogP contribution in [0, 0.1) is 0 Å². The number of halogens is 3. The van der Waals surface area contributed by atoms with E-state index >= 15 is 0 Å². The first kappa shape index (κ1) is 18.6. The third-order valence-electron chi connectivity index (χ3n) is 3.28. The van der Waals surface area contributed by atoms with E-state index in [0.717, 1.165) is 4.68 Å². The van der Waals surface area contributed by atoms with Crippen LogP contribution >= 0.6 is 34.8 Å². The number of nitrogens with zero attached hydrogens (tertiary/aromatic N) is 2. The smallest absolute Gasteiger partial charge is 0.326 e. The lowest BCUT2D eigenvalue weighted by Crippen LogP contribution is -2.29. The van der Waals surface area contributed by atoms with Gasteiger partial charge < -0.3 is 10.4 Å². The van der Waals surface area contributed by atoms with E-state index in [1.807, 2.05) is 6.92 Å². The fourth-order valence-electron chi connectivity index (χ4n) is 2.08. The van der Waals surface area contributed by atoms with Crippen LogP contribution in [0.15, 0.2) is 29.2 Å². The van der Waals surface area contributed by atoms with E-state index in [9.17, 15) is 14.7 Å². The minimum atomic E-state index is -0.959. The highest BCUT2D eigenvalue weighted by molar-refractivity contribution is 6.41. The predicted molar refractivity (Wildman–Crippen MR) is 94.8 cm³/mol. The van der Waals surface area contributed by atoms with Crippen LogP contribution in [0.4, 0.5) is 5.69 Å². The summed E-state index contributed by atoms with van der Waals surface area (Å²) < 4.78 is 1.06. The summed E-state index contributed by atoms with van der Waals surface area (Å²) >= 11 is 17.8. The quantitative estimate of drug-likeness (QED) is 0.782. The van der Waals surface area contributed by atoms with Crippen molar-refractivity contribution in [3.63, 3.8) is 0 Å². The van der Waals surface area contributed by atoms with Crippen LogP contribution in [0.2, 0.25) is 15.1 Å². The summed E-state index contributed by atoms with van der Waals surface area (Å²) in [6.45, 7) is 1.89. The highest BCUT2D eigenvalue weighted by Gasteiger charge is 2.18. The number of aromatic nitrogens is 2. The molecule has 0 amide bonds. The van der Waals surface area contributed by atoms with Gasteiger partial charge in [-0.25, -0.2) is 4.79 Å². The third kappa shape index (κ3) is 4.01. The van der Waals surface area contributed by atoms with Gasteiger partial charge in [0.2, 0.25) is 0 Å². The van der Waals surface area contributed by atoms with Crippen LogP contribution in [-0.4, -0.2) is 26.9 Å². The van der Waals surface area contributed by atoms with Gasteiger partial charge in [0.05, 0.1) is 27.6 Å². The van der Waals surface area contributed by atoms with Gasteiger partial charge in [-0.1, -0.05) is 48.1 Å². The Morgan fingerprint density at radius 1 is 1.33 bits per heavy atom. The van der Waals surface area contributed by atoms with Gasteiger partial charge in [-0.05, 0) is 24.6 Å². The Morgan fingerprint density at radius 3 is 2.62 bits per heavy atom. The van der Waals surface area contributed by atoms with Crippen LogP contribution in [0.5, 0.6) is 0 Å². The van der Waals surface area contributed by atoms with Gasteiger partial charge in [0.1, 0.15) is 11.1 Å². The Bertz CT molecular complexity index is 823. The number of carboxylic acids is 1. The van der Waals surface area contributed by atoms with Crippen molar-refractivity contribution in [2.45, 2.75) is 25.8 Å². The molecule has 1 unspecified atom stereocenters. The standard InChI is InChI=1S/C15H14Cl3N3O3/c1-2-3-12(15(23)24)20-11-5-4-8(6-9(11)16)21-14(22)13(18)10(17)7-19-21/h4-7,12,20H,2-3H2,1H3,(H,23,24). The molecule has 1 heterocycles. The van der Waals surface area contributed by atoms with Gasteiger partial charge in [-0.2, -0.15) is 9.78 Å². The Kier molecular flexibility index (Phi) is 6.10. The number of hydrogen-bond acceptors (Lipinski definition) is 4. The summed E-state index contributed by atoms with van der Waals surface area (Å²) in [6, 6.07) is 3.91. The average molecular weight is 391 g/mol. The molecule has 0 saturated carbocycles. The molecular formula is C15H14Cl3N3O3. The molecule has 0 aliphatic heterocycles. The number of anilines is 1. The Balaban J connectivity index is 2.35. The second-order valence-electron chi connectivity index (χ2n) is 5.01. The van der Waals surface area contributed by atoms with Crippen molar-refractivity contribution in [3.8, 4) is 5.69 Å². The molecule has 0 bridgehead atoms. The first-order valence-corrected chi connectivity index (χ1v) is 8.21. The Hall–Kier alpha value is -1.76. The molecule has 0 radical (unpaired) electrons. The Morgan fingerprint density at radius 2 is 2.04 bits per heavy atom. The zero-order chi connectivity index (χ0) is 17.9. The molecule has 2 rings (SSSR count). The van der Waals surface area contributed by atoms with Crippen molar-refractivity contribution < 1.29 is 9.90 Å². The SMILES string of the molecule is CCCC(Nc1ccc(-n2ncc(Cl)c(Cl)c2=O)cc1Cl)C(=O)O. The molecule has 128 valence electrons. The van der Waals surface area contributed by atoms with Gasteiger partial charge >= 0.3 is 5.97 Å². The second kappa shape index (κ2) is 7.88. The van der Waals surface area contributed by atoms with E-state index in [1.54, 1.807) is 12.1 Å². The Labute approximate surface area is 153 Å². The molecule has 2 aromatic rings. The minimum Gasteiger partial charge on any atom is -0.480 e. The number of rotatable bonds is 6. The van der Waals surface area contributed by atoms with Gasteiger partial charge in [0.25, 0.3) is 5.56 Å². The van der Waals surface area contributed by atoms with E-state index in [-0.39, 0.29) is 15.1 Å². The highest BCUT2D eigenvalue weighted by Crippen LogP contribution is 2.26. The summed E-state index contributed by atoms with van der Waals surface area (Å²) in [4.78, 5) is 23.3. The topological polar surface area (TPSA) is 84.2 Å². The van der Waals surface area contributed by atoms with Crippen LogP contribution in [0.3, 0.4) is 0 Å². The third-order valence-corrected chi connectivity index (χ3v) is 4.34. The summed E-state index contributed by atoms with van der Waals surface area (Å²) in [5, 5.41) is 16.2. The van der Waals surface area contributed by atoms with Gasteiger partial charge in [0, 0.05) is 0 Å². The summed E-state index contributed by atoms with van der Waals surface area (Å²) in [6.07, 6.45) is 2.43. The van der Waals surface area contributed by atoms with Crippen LogP contribution < -0.4 is 10.9 Å². The molecule has 0 spiro atoms. The number of carboxylic acid groups (broad SMARTS) is 1. The number of benzene rings is 1. The van der Waals surface area contributed by atoms with Gasteiger partial charge in [0.15, 0.2) is 0 Å². The summed E-state index contributed by atoms with van der Waals surface area (Å²) in [5.41, 5.74) is 0.265. The zero-order valence-electron chi connectivity index (χ0n) is 12.6. The van der Waals surface area contributed by atoms with E-state index in [0.29, 0.717) is 24.2 Å². The maximum atomic E-state index is 12.1. The first-order chi connectivity index (χ1) is 11.3. The molecule has 0 aliphatic rings. The largest absolute Gasteiger partial charge is 0.480 e. The van der Waals surface area contributed by atoms with Crippen molar-refractivity contribution >= 4 is 46.5 Å². The van der Waals surface area contributed by atoms with Crippen molar-refractivity contribution in [2.24, 2.45) is 0 Å². The molecule has 9 heteroatoms. The van der Waals surface area contributed by atoms with Crippen molar-refractivity contribution in [1.29, 1.82) is 0 Å². The van der Waals surface area contributed by atoms with Gasteiger partial charge in [-0.3, -0.25) is 4.79 Å². The van der Waals surface area contributed by atoms with Crippen molar-refractivity contribution in [1.82, 2.24) is 9.78 Å². The van der Waals surface area contributed by atoms with E-state index in [4.69, 9.17) is 34.8 Å². The fourth-order valence-corrected chi connectivity index (χ4v) is 2.57.